The van der Waals surface area contributed by atoms with Crippen LogP contribution in [0.2, 0.25) is 0 Å². The molecule has 0 aliphatic heterocycles. The van der Waals surface area contributed by atoms with Gasteiger partial charge in [-0.3, -0.25) is 0 Å². The van der Waals surface area contributed by atoms with Crippen LogP contribution in [0.1, 0.15) is 25.8 Å². The minimum Gasteiger partial charge on any atom is -0.399 e. The van der Waals surface area contributed by atoms with Gasteiger partial charge in [-0.2, -0.15) is 0 Å². The van der Waals surface area contributed by atoms with Crippen molar-refractivity contribution in [2.75, 3.05) is 11.5 Å². The highest BCUT2D eigenvalue weighted by molar-refractivity contribution is 5.60. The minimum absolute atomic E-state index is 0.0288. The fraction of sp³-hybridized carbons (Fsp3) is 0.286. The average molecular weight is 214 g/mol. The minimum atomic E-state index is -0.0288. The zero-order valence-corrected chi connectivity index (χ0v) is 9.83. The molecular weight excluding hydrogens is 196 g/mol. The predicted molar refractivity (Wildman–Crippen MR) is 70.1 cm³/mol. The number of anilines is 2. The average Bonchev–Trinajstić information content (AvgIpc) is 2.26. The van der Waals surface area contributed by atoms with Crippen LogP contribution in [-0.4, -0.2) is 0 Å². The zero-order chi connectivity index (χ0) is 11.8. The van der Waals surface area contributed by atoms with Gasteiger partial charge in [-0.25, -0.2) is 0 Å². The normalized spacial score (nSPS) is 24.2. The lowest BCUT2D eigenvalue weighted by atomic mass is 9.75. The highest BCUT2D eigenvalue weighted by Crippen LogP contribution is 2.37. The van der Waals surface area contributed by atoms with Gasteiger partial charge in [0.25, 0.3) is 0 Å². The Kier molecular flexibility index (Phi) is 2.50. The lowest BCUT2D eigenvalue weighted by Gasteiger charge is -2.29. The van der Waals surface area contributed by atoms with Crippen molar-refractivity contribution in [2.24, 2.45) is 0 Å². The van der Waals surface area contributed by atoms with Crippen molar-refractivity contribution in [1.29, 1.82) is 0 Å². The van der Waals surface area contributed by atoms with Gasteiger partial charge in [-0.05, 0) is 37.1 Å². The number of rotatable bonds is 1. The third-order valence-corrected chi connectivity index (χ3v) is 3.25. The van der Waals surface area contributed by atoms with Gasteiger partial charge >= 0.3 is 0 Å². The molecule has 16 heavy (non-hydrogen) atoms. The molecule has 0 radical (unpaired) electrons. The van der Waals surface area contributed by atoms with Crippen molar-refractivity contribution in [3.8, 4) is 0 Å². The van der Waals surface area contributed by atoms with Crippen molar-refractivity contribution < 1.29 is 0 Å². The van der Waals surface area contributed by atoms with Crippen LogP contribution in [0.5, 0.6) is 0 Å². The molecule has 0 amide bonds. The van der Waals surface area contributed by atoms with Gasteiger partial charge in [0.2, 0.25) is 0 Å². The molecule has 0 fully saturated rings. The molecule has 2 heteroatoms. The maximum atomic E-state index is 6.03. The molecule has 0 saturated carbocycles. The van der Waals surface area contributed by atoms with Crippen LogP contribution < -0.4 is 11.5 Å². The maximum Gasteiger partial charge on any atom is 0.0357 e. The highest BCUT2D eigenvalue weighted by Gasteiger charge is 2.26. The molecule has 1 aromatic carbocycles. The van der Waals surface area contributed by atoms with Crippen LogP contribution in [-0.2, 0) is 5.41 Å². The summed E-state index contributed by atoms with van der Waals surface area (Å²) in [6, 6.07) is 5.71. The molecule has 1 aromatic rings. The lowest BCUT2D eigenvalue weighted by molar-refractivity contribution is 0.599. The number of allylic oxidation sites excluding steroid dienone is 4. The van der Waals surface area contributed by atoms with E-state index >= 15 is 0 Å². The maximum absolute atomic E-state index is 6.03. The first-order chi connectivity index (χ1) is 7.51. The standard InChI is InChI=1S/C14H18N2/c1-10-5-7-14(2,8-6-10)12-9-11(15)3-4-13(12)16/h3-7,9H,8,15-16H2,1-2H3. The molecule has 1 aliphatic rings. The number of benzene rings is 1. The van der Waals surface area contributed by atoms with E-state index in [9.17, 15) is 0 Å². The van der Waals surface area contributed by atoms with Gasteiger partial charge in [-0.1, -0.05) is 30.7 Å². The smallest absolute Gasteiger partial charge is 0.0357 e. The van der Waals surface area contributed by atoms with E-state index in [0.29, 0.717) is 0 Å². The summed E-state index contributed by atoms with van der Waals surface area (Å²) in [5.74, 6) is 0. The van der Waals surface area contributed by atoms with Gasteiger partial charge < -0.3 is 11.5 Å². The second kappa shape index (κ2) is 3.71. The van der Waals surface area contributed by atoms with Gasteiger partial charge in [0.1, 0.15) is 0 Å². The summed E-state index contributed by atoms with van der Waals surface area (Å²) in [4.78, 5) is 0. The molecule has 1 unspecified atom stereocenters. The first-order valence-corrected chi connectivity index (χ1v) is 5.53. The van der Waals surface area contributed by atoms with E-state index in [1.54, 1.807) is 0 Å². The molecule has 0 spiro atoms. The van der Waals surface area contributed by atoms with Gasteiger partial charge in [0.15, 0.2) is 0 Å². The Labute approximate surface area is 96.6 Å². The van der Waals surface area contributed by atoms with E-state index < -0.39 is 0 Å². The third-order valence-electron chi connectivity index (χ3n) is 3.25. The van der Waals surface area contributed by atoms with E-state index in [1.807, 2.05) is 18.2 Å². The second-order valence-corrected chi connectivity index (χ2v) is 4.75. The molecule has 1 atom stereocenters. The molecule has 2 nitrogen and oxygen atoms in total. The lowest BCUT2D eigenvalue weighted by Crippen LogP contribution is -2.22. The van der Waals surface area contributed by atoms with E-state index in [-0.39, 0.29) is 5.41 Å². The van der Waals surface area contributed by atoms with Crippen molar-refractivity contribution in [1.82, 2.24) is 0 Å². The summed E-state index contributed by atoms with van der Waals surface area (Å²) in [6.45, 7) is 4.30. The Morgan fingerprint density at radius 2 is 2.00 bits per heavy atom. The summed E-state index contributed by atoms with van der Waals surface area (Å²) in [7, 11) is 0. The summed E-state index contributed by atoms with van der Waals surface area (Å²) in [5.41, 5.74) is 15.8. The molecule has 84 valence electrons. The summed E-state index contributed by atoms with van der Waals surface area (Å²) >= 11 is 0. The molecule has 0 saturated heterocycles. The number of hydrogen-bond acceptors (Lipinski definition) is 2. The Hall–Kier alpha value is -1.70. The van der Waals surface area contributed by atoms with Crippen molar-refractivity contribution in [3.63, 3.8) is 0 Å². The fourth-order valence-electron chi connectivity index (χ4n) is 2.09. The number of hydrogen-bond donors (Lipinski definition) is 2. The fourth-order valence-corrected chi connectivity index (χ4v) is 2.09. The molecule has 0 bridgehead atoms. The van der Waals surface area contributed by atoms with Crippen molar-refractivity contribution in [2.45, 2.75) is 25.7 Å². The largest absolute Gasteiger partial charge is 0.399 e. The van der Waals surface area contributed by atoms with E-state index in [0.717, 1.165) is 23.4 Å². The topological polar surface area (TPSA) is 52.0 Å². The number of nitrogen functional groups attached to an aromatic ring is 2. The van der Waals surface area contributed by atoms with Crippen molar-refractivity contribution in [3.05, 3.63) is 47.6 Å². The SMILES string of the molecule is CC1=CCC(C)(c2cc(N)ccc2N)C=C1. The summed E-state index contributed by atoms with van der Waals surface area (Å²) < 4.78 is 0. The second-order valence-electron chi connectivity index (χ2n) is 4.75. The quantitative estimate of drug-likeness (QED) is 0.706. The van der Waals surface area contributed by atoms with E-state index in [4.69, 9.17) is 11.5 Å². The number of nitrogens with two attached hydrogens (primary N) is 2. The molecular formula is C14H18N2. The molecule has 1 aliphatic carbocycles. The first-order valence-electron chi connectivity index (χ1n) is 5.53. The third kappa shape index (κ3) is 1.83. The molecule has 0 heterocycles. The Morgan fingerprint density at radius 3 is 2.62 bits per heavy atom. The molecule has 4 N–H and O–H groups in total. The Bertz CT molecular complexity index is 472. The first kappa shape index (κ1) is 10.8. The van der Waals surface area contributed by atoms with Crippen LogP contribution in [0.25, 0.3) is 0 Å². The van der Waals surface area contributed by atoms with Crippen LogP contribution in [0.3, 0.4) is 0 Å². The van der Waals surface area contributed by atoms with E-state index in [1.165, 1.54) is 5.57 Å². The van der Waals surface area contributed by atoms with Gasteiger partial charge in [-0.15, -0.1) is 0 Å². The predicted octanol–water partition coefficient (Wildman–Crippen LogP) is 3.01. The highest BCUT2D eigenvalue weighted by atomic mass is 14.6. The summed E-state index contributed by atoms with van der Waals surface area (Å²) in [6.07, 6.45) is 7.57. The van der Waals surface area contributed by atoms with Crippen LogP contribution in [0, 0.1) is 0 Å². The van der Waals surface area contributed by atoms with Gasteiger partial charge in [0.05, 0.1) is 0 Å². The molecule has 0 aromatic heterocycles. The van der Waals surface area contributed by atoms with Crippen LogP contribution >= 0.6 is 0 Å². The van der Waals surface area contributed by atoms with Gasteiger partial charge in [0, 0.05) is 16.8 Å². The monoisotopic (exact) mass is 214 g/mol. The van der Waals surface area contributed by atoms with Crippen LogP contribution in [0.4, 0.5) is 11.4 Å². The van der Waals surface area contributed by atoms with Crippen molar-refractivity contribution >= 4 is 11.4 Å². The van der Waals surface area contributed by atoms with Crippen LogP contribution in [0.15, 0.2) is 42.0 Å². The van der Waals surface area contributed by atoms with E-state index in [2.05, 4.69) is 32.1 Å². The zero-order valence-electron chi connectivity index (χ0n) is 9.83. The Balaban J connectivity index is 2.45. The molecule has 2 rings (SSSR count). The summed E-state index contributed by atoms with van der Waals surface area (Å²) in [5, 5.41) is 0. The Morgan fingerprint density at radius 1 is 1.25 bits per heavy atom.